The van der Waals surface area contributed by atoms with E-state index in [-0.39, 0.29) is 12.8 Å². The zero-order chi connectivity index (χ0) is 18.0. The van der Waals surface area contributed by atoms with Crippen LogP contribution in [0.2, 0.25) is 0 Å². The van der Waals surface area contributed by atoms with Gasteiger partial charge in [-0.3, -0.25) is 14.5 Å². The standard InChI is InChI=1S/C16H17N5O3S/c1-25(23,24)16(7-6-15(17)22)21-10-11(8-19-21)14-9-18-12-4-2-3-5-13(12)20-14/h2-5,8-10,16H,6-7H2,1H3,(H2,17,22). The molecule has 3 rings (SSSR count). The van der Waals surface area contributed by atoms with Gasteiger partial charge in [0.15, 0.2) is 15.2 Å². The Hall–Kier alpha value is -2.81. The summed E-state index contributed by atoms with van der Waals surface area (Å²) in [6.07, 6.45) is 5.87. The Morgan fingerprint density at radius 1 is 1.24 bits per heavy atom. The van der Waals surface area contributed by atoms with E-state index in [4.69, 9.17) is 5.73 Å². The Balaban J connectivity index is 1.94. The van der Waals surface area contributed by atoms with Gasteiger partial charge in [-0.25, -0.2) is 13.4 Å². The highest BCUT2D eigenvalue weighted by Crippen LogP contribution is 2.24. The second kappa shape index (κ2) is 6.60. The maximum absolute atomic E-state index is 12.0. The van der Waals surface area contributed by atoms with Crippen molar-refractivity contribution in [1.29, 1.82) is 0 Å². The van der Waals surface area contributed by atoms with E-state index in [1.165, 1.54) is 10.9 Å². The number of hydrogen-bond acceptors (Lipinski definition) is 6. The van der Waals surface area contributed by atoms with Crippen LogP contribution >= 0.6 is 0 Å². The highest BCUT2D eigenvalue weighted by Gasteiger charge is 2.24. The zero-order valence-corrected chi connectivity index (χ0v) is 14.3. The Kier molecular flexibility index (Phi) is 4.49. The molecular formula is C16H17N5O3S. The van der Waals surface area contributed by atoms with Crippen LogP contribution in [0.3, 0.4) is 0 Å². The first-order valence-electron chi connectivity index (χ1n) is 7.58. The van der Waals surface area contributed by atoms with Crippen LogP contribution in [0.1, 0.15) is 18.2 Å². The number of hydrogen-bond donors (Lipinski definition) is 1. The third-order valence-electron chi connectivity index (χ3n) is 3.77. The first kappa shape index (κ1) is 17.0. The highest BCUT2D eigenvalue weighted by molar-refractivity contribution is 7.90. The van der Waals surface area contributed by atoms with Crippen LogP contribution in [-0.2, 0) is 14.6 Å². The van der Waals surface area contributed by atoms with E-state index in [9.17, 15) is 13.2 Å². The average Bonchev–Trinajstić information content (AvgIpc) is 3.02. The maximum atomic E-state index is 12.0. The SMILES string of the molecule is CS(=O)(=O)C(CCC(N)=O)n1cc(-c2cnc3ccccc3n2)cn1. The van der Waals surface area contributed by atoms with Crippen LogP contribution in [-0.4, -0.2) is 40.3 Å². The maximum Gasteiger partial charge on any atom is 0.217 e. The molecule has 0 aliphatic rings. The van der Waals surface area contributed by atoms with E-state index < -0.39 is 21.1 Å². The number of sulfone groups is 1. The van der Waals surface area contributed by atoms with E-state index >= 15 is 0 Å². The molecule has 0 saturated carbocycles. The summed E-state index contributed by atoms with van der Waals surface area (Å²) in [5, 5.41) is 3.18. The second-order valence-corrected chi connectivity index (χ2v) is 7.95. The quantitative estimate of drug-likeness (QED) is 0.708. The van der Waals surface area contributed by atoms with Gasteiger partial charge >= 0.3 is 0 Å². The van der Waals surface area contributed by atoms with Crippen molar-refractivity contribution in [2.75, 3.05) is 6.26 Å². The van der Waals surface area contributed by atoms with Crippen molar-refractivity contribution < 1.29 is 13.2 Å². The molecule has 1 aromatic carbocycles. The third kappa shape index (κ3) is 3.82. The van der Waals surface area contributed by atoms with Crippen LogP contribution in [0.25, 0.3) is 22.3 Å². The summed E-state index contributed by atoms with van der Waals surface area (Å²) in [7, 11) is -3.46. The third-order valence-corrected chi connectivity index (χ3v) is 5.21. The number of benzene rings is 1. The van der Waals surface area contributed by atoms with Crippen LogP contribution < -0.4 is 5.73 Å². The Morgan fingerprint density at radius 2 is 1.96 bits per heavy atom. The minimum Gasteiger partial charge on any atom is -0.370 e. The minimum absolute atomic E-state index is 0.0390. The predicted octanol–water partition coefficient (Wildman–Crippen LogP) is 1.30. The molecule has 9 heteroatoms. The molecule has 2 heterocycles. The molecule has 1 unspecified atom stereocenters. The summed E-state index contributed by atoms with van der Waals surface area (Å²) < 4.78 is 25.4. The molecule has 0 radical (unpaired) electrons. The van der Waals surface area contributed by atoms with Crippen molar-refractivity contribution in [3.05, 3.63) is 42.9 Å². The second-order valence-electron chi connectivity index (χ2n) is 5.74. The first-order valence-corrected chi connectivity index (χ1v) is 9.53. The van der Waals surface area contributed by atoms with Gasteiger partial charge in [0.05, 0.1) is 29.1 Å². The lowest BCUT2D eigenvalue weighted by molar-refractivity contribution is -0.118. The number of primary amides is 1. The van der Waals surface area contributed by atoms with Crippen LogP contribution in [0.4, 0.5) is 0 Å². The van der Waals surface area contributed by atoms with Crippen molar-refractivity contribution in [1.82, 2.24) is 19.7 Å². The molecule has 130 valence electrons. The van der Waals surface area contributed by atoms with Crippen molar-refractivity contribution >= 4 is 26.8 Å². The van der Waals surface area contributed by atoms with Crippen molar-refractivity contribution in [2.45, 2.75) is 18.2 Å². The van der Waals surface area contributed by atoms with Crippen LogP contribution in [0, 0.1) is 0 Å². The molecule has 3 aromatic rings. The lowest BCUT2D eigenvalue weighted by Crippen LogP contribution is -2.22. The smallest absolute Gasteiger partial charge is 0.217 e. The Bertz CT molecular complexity index is 1030. The highest BCUT2D eigenvalue weighted by atomic mass is 32.2. The average molecular weight is 359 g/mol. The van der Waals surface area contributed by atoms with E-state index in [1.807, 2.05) is 24.3 Å². The molecule has 0 spiro atoms. The molecule has 0 saturated heterocycles. The number of rotatable bonds is 6. The topological polar surface area (TPSA) is 121 Å². The number of carbonyl (C=O) groups excluding carboxylic acids is 1. The molecule has 0 aliphatic carbocycles. The zero-order valence-electron chi connectivity index (χ0n) is 13.5. The van der Waals surface area contributed by atoms with Crippen molar-refractivity contribution in [3.8, 4) is 11.3 Å². The molecule has 0 bridgehead atoms. The number of fused-ring (bicyclic) bond motifs is 1. The fraction of sp³-hybridized carbons (Fsp3) is 0.250. The van der Waals surface area contributed by atoms with Gasteiger partial charge in [0.25, 0.3) is 0 Å². The van der Waals surface area contributed by atoms with Crippen molar-refractivity contribution in [2.24, 2.45) is 5.73 Å². The van der Waals surface area contributed by atoms with Crippen LogP contribution in [0.5, 0.6) is 0 Å². The number of nitrogens with zero attached hydrogens (tertiary/aromatic N) is 4. The molecule has 2 aromatic heterocycles. The molecule has 8 nitrogen and oxygen atoms in total. The van der Waals surface area contributed by atoms with Gasteiger partial charge in [0.2, 0.25) is 5.91 Å². The van der Waals surface area contributed by atoms with Gasteiger partial charge in [-0.15, -0.1) is 0 Å². The minimum atomic E-state index is -3.46. The van der Waals surface area contributed by atoms with Gasteiger partial charge in [0, 0.05) is 24.4 Å². The van der Waals surface area contributed by atoms with E-state index in [0.717, 1.165) is 17.3 Å². The van der Waals surface area contributed by atoms with Gasteiger partial charge in [-0.05, 0) is 18.6 Å². The number of carbonyl (C=O) groups is 1. The summed E-state index contributed by atoms with van der Waals surface area (Å²) in [5.74, 6) is -0.554. The number of aromatic nitrogens is 4. The molecule has 0 fully saturated rings. The van der Waals surface area contributed by atoms with Crippen LogP contribution in [0.15, 0.2) is 42.9 Å². The lowest BCUT2D eigenvalue weighted by atomic mass is 10.2. The molecular weight excluding hydrogens is 342 g/mol. The molecule has 2 N–H and O–H groups in total. The summed E-state index contributed by atoms with van der Waals surface area (Å²) in [6.45, 7) is 0. The first-order chi connectivity index (χ1) is 11.8. The Morgan fingerprint density at radius 3 is 2.64 bits per heavy atom. The fourth-order valence-electron chi connectivity index (χ4n) is 2.53. The van der Waals surface area contributed by atoms with Gasteiger partial charge in [0.1, 0.15) is 0 Å². The summed E-state index contributed by atoms with van der Waals surface area (Å²) in [6, 6.07) is 7.46. The van der Waals surface area contributed by atoms with E-state index in [2.05, 4.69) is 15.1 Å². The number of para-hydroxylation sites is 2. The number of amides is 1. The van der Waals surface area contributed by atoms with Gasteiger partial charge in [-0.1, -0.05) is 12.1 Å². The number of nitrogens with two attached hydrogens (primary N) is 1. The molecule has 1 amide bonds. The van der Waals surface area contributed by atoms with Gasteiger partial charge < -0.3 is 5.73 Å². The molecule has 0 aliphatic heterocycles. The predicted molar refractivity (Wildman–Crippen MR) is 93.1 cm³/mol. The monoisotopic (exact) mass is 359 g/mol. The summed E-state index contributed by atoms with van der Waals surface area (Å²) >= 11 is 0. The normalized spacial score (nSPS) is 13.0. The fourth-order valence-corrected chi connectivity index (χ4v) is 3.59. The lowest BCUT2D eigenvalue weighted by Gasteiger charge is -2.14. The van der Waals surface area contributed by atoms with E-state index in [1.54, 1.807) is 12.4 Å². The largest absolute Gasteiger partial charge is 0.370 e. The molecule has 1 atom stereocenters. The summed E-state index contributed by atoms with van der Waals surface area (Å²) in [4.78, 5) is 19.8. The van der Waals surface area contributed by atoms with Crippen molar-refractivity contribution in [3.63, 3.8) is 0 Å². The Labute approximate surface area is 144 Å². The molecule has 25 heavy (non-hydrogen) atoms. The van der Waals surface area contributed by atoms with E-state index in [0.29, 0.717) is 11.3 Å². The van der Waals surface area contributed by atoms with Gasteiger partial charge in [-0.2, -0.15) is 5.10 Å². The summed E-state index contributed by atoms with van der Waals surface area (Å²) in [5.41, 5.74) is 7.87.